The molecule has 0 bridgehead atoms. The lowest BCUT2D eigenvalue weighted by molar-refractivity contribution is 0.0787. The van der Waals surface area contributed by atoms with Gasteiger partial charge in [-0.25, -0.2) is 18.2 Å². The predicted molar refractivity (Wildman–Crippen MR) is 135 cm³/mol. The number of imidazole rings is 1. The summed E-state index contributed by atoms with van der Waals surface area (Å²) in [6.07, 6.45) is 8.71. The summed E-state index contributed by atoms with van der Waals surface area (Å²) in [5, 5.41) is 3.02. The van der Waals surface area contributed by atoms with Crippen LogP contribution in [-0.2, 0) is 26.9 Å². The second-order valence-electron chi connectivity index (χ2n) is 9.79. The molecule has 2 aliphatic rings. The molecule has 0 spiro atoms. The molecule has 8 nitrogen and oxygen atoms in total. The van der Waals surface area contributed by atoms with Gasteiger partial charge in [0.25, 0.3) is 0 Å². The molecule has 0 unspecified atom stereocenters. The van der Waals surface area contributed by atoms with Crippen molar-refractivity contribution in [3.8, 4) is 0 Å². The van der Waals surface area contributed by atoms with Crippen LogP contribution in [-0.4, -0.2) is 54.7 Å². The molecule has 4 rings (SSSR count). The van der Waals surface area contributed by atoms with Gasteiger partial charge in [0.15, 0.2) is 0 Å². The standard InChI is InChI=1S/C26H38N4O4S/c1-3-27-25(31)29(18-24-13-8-14-34-24)17-23-16-28-26(30(23)22-11-5-4-6-12-22)35(32,33)19-21-10-7-9-20(2)15-21/h7,9-10,15-16,22,24H,3-6,8,11-14,17-19H2,1-2H3,(H,27,31)/t24-/m1/s1. The predicted octanol–water partition coefficient (Wildman–Crippen LogP) is 4.38. The molecule has 2 heterocycles. The largest absolute Gasteiger partial charge is 0.376 e. The maximum atomic E-state index is 13.6. The van der Waals surface area contributed by atoms with Gasteiger partial charge in [-0.1, -0.05) is 49.1 Å². The van der Waals surface area contributed by atoms with Crippen LogP contribution in [0.15, 0.2) is 35.6 Å². The van der Waals surface area contributed by atoms with E-state index in [1.807, 2.05) is 42.7 Å². The van der Waals surface area contributed by atoms with Gasteiger partial charge in [-0.3, -0.25) is 0 Å². The Labute approximate surface area is 209 Å². The van der Waals surface area contributed by atoms with Gasteiger partial charge in [0.05, 0.1) is 30.3 Å². The fourth-order valence-corrected chi connectivity index (χ4v) is 6.78. The summed E-state index contributed by atoms with van der Waals surface area (Å²) in [7, 11) is -3.67. The molecule has 1 aromatic carbocycles. The van der Waals surface area contributed by atoms with Gasteiger partial charge in [0, 0.05) is 25.7 Å². The van der Waals surface area contributed by atoms with E-state index in [4.69, 9.17) is 4.74 Å². The van der Waals surface area contributed by atoms with Gasteiger partial charge in [0.1, 0.15) is 0 Å². The number of aromatic nitrogens is 2. The highest BCUT2D eigenvalue weighted by Crippen LogP contribution is 2.33. The van der Waals surface area contributed by atoms with Gasteiger partial charge in [0.2, 0.25) is 15.0 Å². The van der Waals surface area contributed by atoms with Crippen molar-refractivity contribution in [2.75, 3.05) is 19.7 Å². The van der Waals surface area contributed by atoms with E-state index < -0.39 is 9.84 Å². The highest BCUT2D eigenvalue weighted by molar-refractivity contribution is 7.90. The lowest BCUT2D eigenvalue weighted by Gasteiger charge is -2.30. The maximum absolute atomic E-state index is 13.6. The first-order chi connectivity index (χ1) is 16.9. The SMILES string of the molecule is CCNC(=O)N(Cc1cnc(S(=O)(=O)Cc2cccc(C)c2)n1C1CCCCC1)C[C@H]1CCCO1. The molecule has 1 saturated heterocycles. The Morgan fingerprint density at radius 2 is 2.00 bits per heavy atom. The normalized spacial score (nSPS) is 19.1. The van der Waals surface area contributed by atoms with Crippen LogP contribution in [0.3, 0.4) is 0 Å². The second kappa shape index (κ2) is 11.6. The molecule has 1 aliphatic carbocycles. The third kappa shape index (κ3) is 6.44. The van der Waals surface area contributed by atoms with E-state index in [1.165, 1.54) is 0 Å². The second-order valence-corrected chi connectivity index (χ2v) is 11.7. The number of aryl methyl sites for hydroxylation is 1. The van der Waals surface area contributed by atoms with Gasteiger partial charge < -0.3 is 19.5 Å². The van der Waals surface area contributed by atoms with E-state index in [0.717, 1.165) is 68.4 Å². The third-order valence-corrected chi connectivity index (χ3v) is 8.48. The van der Waals surface area contributed by atoms with E-state index in [9.17, 15) is 13.2 Å². The third-order valence-electron chi connectivity index (χ3n) is 6.91. The number of carbonyl (C=O) groups is 1. The number of sulfone groups is 1. The van der Waals surface area contributed by atoms with Crippen molar-refractivity contribution in [2.45, 2.75) is 88.4 Å². The Kier molecular flexibility index (Phi) is 8.49. The van der Waals surface area contributed by atoms with E-state index in [-0.39, 0.29) is 29.1 Å². The minimum Gasteiger partial charge on any atom is -0.376 e. The summed E-state index contributed by atoms with van der Waals surface area (Å²) >= 11 is 0. The van der Waals surface area contributed by atoms with Crippen LogP contribution in [0.5, 0.6) is 0 Å². The number of hydrogen-bond donors (Lipinski definition) is 1. The summed E-state index contributed by atoms with van der Waals surface area (Å²) in [5.41, 5.74) is 2.55. The van der Waals surface area contributed by atoms with Crippen molar-refractivity contribution in [3.63, 3.8) is 0 Å². The minimum absolute atomic E-state index is 0.00758. The molecule has 2 fully saturated rings. The average Bonchev–Trinajstić information content (AvgIpc) is 3.49. The van der Waals surface area contributed by atoms with Crippen molar-refractivity contribution in [2.24, 2.45) is 0 Å². The van der Waals surface area contributed by atoms with Crippen LogP contribution in [0, 0.1) is 6.92 Å². The molecule has 1 N–H and O–H groups in total. The van der Waals surface area contributed by atoms with Gasteiger partial charge >= 0.3 is 6.03 Å². The Morgan fingerprint density at radius 3 is 2.69 bits per heavy atom. The maximum Gasteiger partial charge on any atom is 0.317 e. The van der Waals surface area contributed by atoms with Crippen molar-refractivity contribution >= 4 is 15.9 Å². The summed E-state index contributed by atoms with van der Waals surface area (Å²) in [5.74, 6) is -0.0895. The van der Waals surface area contributed by atoms with Crippen LogP contribution < -0.4 is 5.32 Å². The fraction of sp³-hybridized carbons (Fsp3) is 0.615. The zero-order valence-corrected chi connectivity index (χ0v) is 21.7. The molecule has 9 heteroatoms. The highest BCUT2D eigenvalue weighted by atomic mass is 32.2. The number of amides is 2. The Morgan fingerprint density at radius 1 is 1.20 bits per heavy atom. The molecule has 1 atom stereocenters. The van der Waals surface area contributed by atoms with Crippen LogP contribution in [0.1, 0.15) is 74.7 Å². The average molecular weight is 503 g/mol. The zero-order chi connectivity index (χ0) is 24.8. The number of carbonyl (C=O) groups excluding carboxylic acids is 1. The topological polar surface area (TPSA) is 93.5 Å². The first kappa shape index (κ1) is 25.7. The number of nitrogens with zero attached hydrogens (tertiary/aromatic N) is 3. The summed E-state index contributed by atoms with van der Waals surface area (Å²) in [6.45, 7) is 5.88. The first-order valence-electron chi connectivity index (χ1n) is 12.9. The van der Waals surface area contributed by atoms with Crippen molar-refractivity contribution < 1.29 is 17.9 Å². The summed E-state index contributed by atoms with van der Waals surface area (Å²) in [4.78, 5) is 19.1. The minimum atomic E-state index is -3.67. The highest BCUT2D eigenvalue weighted by Gasteiger charge is 2.31. The summed E-state index contributed by atoms with van der Waals surface area (Å²) < 4.78 is 34.9. The fourth-order valence-electron chi connectivity index (χ4n) is 5.25. The smallest absolute Gasteiger partial charge is 0.317 e. The molecule has 1 saturated carbocycles. The monoisotopic (exact) mass is 502 g/mol. The van der Waals surface area contributed by atoms with Crippen LogP contribution in [0.4, 0.5) is 4.79 Å². The lowest BCUT2D eigenvalue weighted by atomic mass is 9.95. The first-order valence-corrected chi connectivity index (χ1v) is 14.5. The molecule has 2 aromatic rings. The number of ether oxygens (including phenoxy) is 1. The number of rotatable bonds is 9. The van der Waals surface area contributed by atoms with Gasteiger partial charge in [-0.15, -0.1) is 0 Å². The van der Waals surface area contributed by atoms with Gasteiger partial charge in [-0.05, 0) is 45.1 Å². The molecule has 1 aromatic heterocycles. The molecular formula is C26H38N4O4S. The van der Waals surface area contributed by atoms with Gasteiger partial charge in [-0.2, -0.15) is 0 Å². The molecule has 1 aliphatic heterocycles. The molecule has 35 heavy (non-hydrogen) atoms. The quantitative estimate of drug-likeness (QED) is 0.549. The van der Waals surface area contributed by atoms with E-state index in [1.54, 1.807) is 11.1 Å². The molecule has 0 radical (unpaired) electrons. The Bertz CT molecular complexity index is 1100. The number of benzene rings is 1. The Hall–Kier alpha value is -2.39. The molecular weight excluding hydrogens is 464 g/mol. The van der Waals surface area contributed by atoms with E-state index in [0.29, 0.717) is 19.6 Å². The Balaban J connectivity index is 1.66. The lowest BCUT2D eigenvalue weighted by Crippen LogP contribution is -2.43. The molecule has 192 valence electrons. The number of hydrogen-bond acceptors (Lipinski definition) is 5. The van der Waals surface area contributed by atoms with E-state index >= 15 is 0 Å². The van der Waals surface area contributed by atoms with Crippen molar-refractivity contribution in [1.29, 1.82) is 0 Å². The van der Waals surface area contributed by atoms with Crippen LogP contribution in [0.2, 0.25) is 0 Å². The van der Waals surface area contributed by atoms with Crippen LogP contribution >= 0.6 is 0 Å². The summed E-state index contributed by atoms with van der Waals surface area (Å²) in [6, 6.07) is 7.50. The zero-order valence-electron chi connectivity index (χ0n) is 20.9. The van der Waals surface area contributed by atoms with Crippen molar-refractivity contribution in [3.05, 3.63) is 47.3 Å². The number of nitrogens with one attached hydrogen (secondary N) is 1. The van der Waals surface area contributed by atoms with E-state index in [2.05, 4.69) is 10.3 Å². The van der Waals surface area contributed by atoms with Crippen LogP contribution in [0.25, 0.3) is 0 Å². The number of urea groups is 1. The molecule has 2 amide bonds. The van der Waals surface area contributed by atoms with Crippen molar-refractivity contribution in [1.82, 2.24) is 19.8 Å².